The molecule has 5 heteroatoms. The number of carbonyl (C=O) groups is 2. The van der Waals surface area contributed by atoms with Gasteiger partial charge in [0.25, 0.3) is 5.91 Å². The van der Waals surface area contributed by atoms with Crippen LogP contribution in [-0.2, 0) is 17.8 Å². The molecule has 0 unspecified atom stereocenters. The predicted molar refractivity (Wildman–Crippen MR) is 78.8 cm³/mol. The normalized spacial score (nSPS) is 13.2. The van der Waals surface area contributed by atoms with Gasteiger partial charge in [0.15, 0.2) is 0 Å². The van der Waals surface area contributed by atoms with E-state index in [0.717, 1.165) is 23.2 Å². The zero-order valence-electron chi connectivity index (χ0n) is 11.4. The highest BCUT2D eigenvalue weighted by atomic mass is 16.2. The van der Waals surface area contributed by atoms with Crippen LogP contribution < -0.4 is 10.6 Å². The minimum atomic E-state index is -0.193. The van der Waals surface area contributed by atoms with Crippen LogP contribution in [0.3, 0.4) is 0 Å². The molecule has 5 nitrogen and oxygen atoms in total. The number of benzene rings is 1. The summed E-state index contributed by atoms with van der Waals surface area (Å²) in [5, 5.41) is 5.68. The minimum Gasteiger partial charge on any atom is -0.347 e. The van der Waals surface area contributed by atoms with E-state index in [9.17, 15) is 9.59 Å². The molecular weight excluding hydrogens is 266 g/mol. The van der Waals surface area contributed by atoms with Crippen molar-refractivity contribution >= 4 is 17.5 Å². The smallest absolute Gasteiger partial charge is 0.270 e. The van der Waals surface area contributed by atoms with Crippen LogP contribution in [0.25, 0.3) is 0 Å². The second-order valence-electron chi connectivity index (χ2n) is 4.94. The maximum Gasteiger partial charge on any atom is 0.270 e. The Hall–Kier alpha value is -2.69. The molecule has 0 fully saturated rings. The van der Waals surface area contributed by atoms with E-state index in [-0.39, 0.29) is 11.8 Å². The minimum absolute atomic E-state index is 0.0544. The van der Waals surface area contributed by atoms with Gasteiger partial charge in [0.1, 0.15) is 5.69 Å². The average Bonchev–Trinajstić information content (AvgIpc) is 2.53. The van der Waals surface area contributed by atoms with Gasteiger partial charge in [0.05, 0.1) is 0 Å². The number of amides is 2. The quantitative estimate of drug-likeness (QED) is 0.902. The molecule has 2 N–H and O–H groups in total. The SMILES string of the molecule is O=C1CCc2cc(CNC(=O)c3ccccn3)ccc2N1. The van der Waals surface area contributed by atoms with Crippen molar-refractivity contribution in [3.63, 3.8) is 0 Å². The van der Waals surface area contributed by atoms with Gasteiger partial charge in [0, 0.05) is 24.8 Å². The summed E-state index contributed by atoms with van der Waals surface area (Å²) in [5.74, 6) is -0.139. The van der Waals surface area contributed by atoms with Gasteiger partial charge in [-0.25, -0.2) is 0 Å². The second-order valence-corrected chi connectivity index (χ2v) is 4.94. The lowest BCUT2D eigenvalue weighted by Crippen LogP contribution is -2.24. The Morgan fingerprint density at radius 1 is 1.24 bits per heavy atom. The molecule has 0 atom stereocenters. The number of pyridine rings is 1. The zero-order valence-corrected chi connectivity index (χ0v) is 11.4. The molecule has 0 saturated carbocycles. The zero-order chi connectivity index (χ0) is 14.7. The molecule has 1 aromatic heterocycles. The lowest BCUT2D eigenvalue weighted by molar-refractivity contribution is -0.116. The number of nitrogens with one attached hydrogen (secondary N) is 2. The number of rotatable bonds is 3. The van der Waals surface area contributed by atoms with E-state index in [2.05, 4.69) is 15.6 Å². The van der Waals surface area contributed by atoms with Crippen LogP contribution in [-0.4, -0.2) is 16.8 Å². The van der Waals surface area contributed by atoms with Gasteiger partial charge in [-0.2, -0.15) is 0 Å². The molecular formula is C16H15N3O2. The van der Waals surface area contributed by atoms with E-state index >= 15 is 0 Å². The summed E-state index contributed by atoms with van der Waals surface area (Å²) in [4.78, 5) is 27.2. The molecule has 21 heavy (non-hydrogen) atoms. The monoisotopic (exact) mass is 281 g/mol. The van der Waals surface area contributed by atoms with Crippen molar-refractivity contribution in [3.05, 3.63) is 59.4 Å². The number of aryl methyl sites for hydroxylation is 1. The molecule has 3 rings (SSSR count). The average molecular weight is 281 g/mol. The summed E-state index contributed by atoms with van der Waals surface area (Å²) in [7, 11) is 0. The number of fused-ring (bicyclic) bond motifs is 1. The van der Waals surface area contributed by atoms with Gasteiger partial charge in [-0.05, 0) is 35.7 Å². The molecule has 1 aromatic carbocycles. The Kier molecular flexibility index (Phi) is 3.64. The summed E-state index contributed by atoms with van der Waals surface area (Å²) in [6.07, 6.45) is 2.84. The molecule has 2 amide bonds. The van der Waals surface area contributed by atoms with E-state index in [1.54, 1.807) is 24.4 Å². The maximum atomic E-state index is 11.9. The van der Waals surface area contributed by atoms with Crippen molar-refractivity contribution < 1.29 is 9.59 Å². The third-order valence-electron chi connectivity index (χ3n) is 3.42. The van der Waals surface area contributed by atoms with E-state index in [1.165, 1.54) is 0 Å². The van der Waals surface area contributed by atoms with Crippen LogP contribution in [0.15, 0.2) is 42.6 Å². The van der Waals surface area contributed by atoms with Crippen LogP contribution in [0.2, 0.25) is 0 Å². The standard InChI is InChI=1S/C16H15N3O2/c20-15-7-5-12-9-11(4-6-13(12)19-15)10-18-16(21)14-3-1-2-8-17-14/h1-4,6,8-9H,5,7,10H2,(H,18,21)(H,19,20). The number of hydrogen-bond donors (Lipinski definition) is 2. The maximum absolute atomic E-state index is 11.9. The number of hydrogen-bond acceptors (Lipinski definition) is 3. The highest BCUT2D eigenvalue weighted by Gasteiger charge is 2.15. The number of nitrogens with zero attached hydrogens (tertiary/aromatic N) is 1. The van der Waals surface area contributed by atoms with Crippen LogP contribution in [0.4, 0.5) is 5.69 Å². The topological polar surface area (TPSA) is 71.1 Å². The van der Waals surface area contributed by atoms with Gasteiger partial charge < -0.3 is 10.6 Å². The number of anilines is 1. The summed E-state index contributed by atoms with van der Waals surface area (Å²) in [6.45, 7) is 0.441. The summed E-state index contributed by atoms with van der Waals surface area (Å²) in [6, 6.07) is 11.0. The van der Waals surface area contributed by atoms with Crippen LogP contribution in [0, 0.1) is 0 Å². The van der Waals surface area contributed by atoms with Gasteiger partial charge in [-0.1, -0.05) is 18.2 Å². The Morgan fingerprint density at radius 2 is 2.14 bits per heavy atom. The first-order valence-electron chi connectivity index (χ1n) is 6.83. The van der Waals surface area contributed by atoms with Crippen molar-refractivity contribution in [2.45, 2.75) is 19.4 Å². The third-order valence-corrected chi connectivity index (χ3v) is 3.42. The largest absolute Gasteiger partial charge is 0.347 e. The van der Waals surface area contributed by atoms with Crippen molar-refractivity contribution in [1.82, 2.24) is 10.3 Å². The van der Waals surface area contributed by atoms with E-state index in [1.807, 2.05) is 18.2 Å². The fourth-order valence-corrected chi connectivity index (χ4v) is 2.32. The first-order valence-corrected chi connectivity index (χ1v) is 6.83. The highest BCUT2D eigenvalue weighted by Crippen LogP contribution is 2.23. The first kappa shape index (κ1) is 13.3. The Morgan fingerprint density at radius 3 is 2.95 bits per heavy atom. The van der Waals surface area contributed by atoms with E-state index < -0.39 is 0 Å². The fraction of sp³-hybridized carbons (Fsp3) is 0.188. The molecule has 1 aliphatic heterocycles. The molecule has 0 saturated heterocycles. The molecule has 0 aliphatic carbocycles. The van der Waals surface area contributed by atoms with E-state index in [0.29, 0.717) is 18.7 Å². The van der Waals surface area contributed by atoms with Crippen molar-refractivity contribution in [3.8, 4) is 0 Å². The van der Waals surface area contributed by atoms with E-state index in [4.69, 9.17) is 0 Å². The molecule has 1 aliphatic rings. The summed E-state index contributed by atoms with van der Waals surface area (Å²) >= 11 is 0. The van der Waals surface area contributed by atoms with Crippen LogP contribution in [0.5, 0.6) is 0 Å². The molecule has 2 heterocycles. The molecule has 0 radical (unpaired) electrons. The van der Waals surface area contributed by atoms with Gasteiger partial charge in [-0.3, -0.25) is 14.6 Å². The van der Waals surface area contributed by atoms with Crippen molar-refractivity contribution in [2.24, 2.45) is 0 Å². The summed E-state index contributed by atoms with van der Waals surface area (Å²) in [5.41, 5.74) is 3.39. The Balaban J connectivity index is 1.66. The molecule has 106 valence electrons. The Labute approximate surface area is 122 Å². The lowest BCUT2D eigenvalue weighted by atomic mass is 10.0. The third kappa shape index (κ3) is 3.08. The highest BCUT2D eigenvalue weighted by molar-refractivity contribution is 5.94. The first-order chi connectivity index (χ1) is 10.2. The van der Waals surface area contributed by atoms with Gasteiger partial charge in [0.2, 0.25) is 5.91 Å². The fourth-order valence-electron chi connectivity index (χ4n) is 2.32. The Bertz CT molecular complexity index is 683. The van der Waals surface area contributed by atoms with Crippen LogP contribution in [0.1, 0.15) is 28.0 Å². The van der Waals surface area contributed by atoms with Gasteiger partial charge in [-0.15, -0.1) is 0 Å². The molecule has 0 spiro atoms. The predicted octanol–water partition coefficient (Wildman–Crippen LogP) is 1.90. The summed E-state index contributed by atoms with van der Waals surface area (Å²) < 4.78 is 0. The van der Waals surface area contributed by atoms with Crippen molar-refractivity contribution in [1.29, 1.82) is 0 Å². The molecule has 2 aromatic rings. The number of aromatic nitrogens is 1. The lowest BCUT2D eigenvalue weighted by Gasteiger charge is -2.17. The second kappa shape index (κ2) is 5.75. The van der Waals surface area contributed by atoms with Crippen LogP contribution >= 0.6 is 0 Å². The molecule has 0 bridgehead atoms. The number of carbonyl (C=O) groups excluding carboxylic acids is 2. The van der Waals surface area contributed by atoms with Gasteiger partial charge >= 0.3 is 0 Å². The van der Waals surface area contributed by atoms with Crippen molar-refractivity contribution in [2.75, 3.05) is 5.32 Å².